The van der Waals surface area contributed by atoms with Gasteiger partial charge in [0.1, 0.15) is 0 Å². The smallest absolute Gasteiger partial charge is 0.0723 e. The highest BCUT2D eigenvalue weighted by molar-refractivity contribution is 4.69. The van der Waals surface area contributed by atoms with Crippen LogP contribution in [-0.2, 0) is 4.74 Å². The van der Waals surface area contributed by atoms with E-state index in [0.29, 0.717) is 6.10 Å². The standard InChI is InChI=1S/C7H15NO/c1-3-8(2)6-7-4-5-9-7/h7H,3-6H2,1-2H3/t7-/m0/s1. The molecular formula is C7H15NO. The Kier molecular flexibility index (Phi) is 2.49. The number of likely N-dealkylation sites (N-methyl/N-ethyl adjacent to an activating group) is 1. The summed E-state index contributed by atoms with van der Waals surface area (Å²) in [5.74, 6) is 0. The summed E-state index contributed by atoms with van der Waals surface area (Å²) >= 11 is 0. The lowest BCUT2D eigenvalue weighted by molar-refractivity contribution is -0.0630. The molecule has 1 aliphatic heterocycles. The molecule has 0 aromatic carbocycles. The minimum Gasteiger partial charge on any atom is -0.377 e. The quantitative estimate of drug-likeness (QED) is 0.557. The first-order valence-corrected chi connectivity index (χ1v) is 3.63. The molecule has 1 rings (SSSR count). The molecule has 54 valence electrons. The molecule has 1 fully saturated rings. The number of hydrogen-bond donors (Lipinski definition) is 0. The van der Waals surface area contributed by atoms with Crippen molar-refractivity contribution < 1.29 is 4.74 Å². The highest BCUT2D eigenvalue weighted by atomic mass is 16.5. The summed E-state index contributed by atoms with van der Waals surface area (Å²) < 4.78 is 5.26. The molecule has 1 saturated heterocycles. The molecule has 0 bridgehead atoms. The summed E-state index contributed by atoms with van der Waals surface area (Å²) in [7, 11) is 2.13. The van der Waals surface area contributed by atoms with Gasteiger partial charge < -0.3 is 9.64 Å². The van der Waals surface area contributed by atoms with E-state index >= 15 is 0 Å². The van der Waals surface area contributed by atoms with Crippen LogP contribution in [0.3, 0.4) is 0 Å². The maximum Gasteiger partial charge on any atom is 0.0723 e. The van der Waals surface area contributed by atoms with Crippen LogP contribution in [0.5, 0.6) is 0 Å². The second-order valence-electron chi connectivity index (χ2n) is 2.64. The van der Waals surface area contributed by atoms with Gasteiger partial charge in [0.05, 0.1) is 6.10 Å². The maximum absolute atomic E-state index is 5.26. The zero-order valence-electron chi connectivity index (χ0n) is 6.26. The molecule has 2 nitrogen and oxygen atoms in total. The second kappa shape index (κ2) is 3.18. The Labute approximate surface area is 56.8 Å². The van der Waals surface area contributed by atoms with E-state index < -0.39 is 0 Å². The van der Waals surface area contributed by atoms with Crippen LogP contribution in [0.2, 0.25) is 0 Å². The van der Waals surface area contributed by atoms with Crippen molar-refractivity contribution >= 4 is 0 Å². The molecule has 9 heavy (non-hydrogen) atoms. The molecule has 0 radical (unpaired) electrons. The third-order valence-electron chi connectivity index (χ3n) is 1.85. The van der Waals surface area contributed by atoms with E-state index in [0.717, 1.165) is 19.7 Å². The molecule has 0 spiro atoms. The molecule has 2 heteroatoms. The predicted molar refractivity (Wildman–Crippen MR) is 37.5 cm³/mol. The van der Waals surface area contributed by atoms with Crippen molar-refractivity contribution in [3.8, 4) is 0 Å². The highest BCUT2D eigenvalue weighted by Gasteiger charge is 2.18. The van der Waals surface area contributed by atoms with Crippen molar-refractivity contribution in [3.63, 3.8) is 0 Å². The van der Waals surface area contributed by atoms with E-state index in [1.54, 1.807) is 0 Å². The Bertz CT molecular complexity index is 78.2. The average molecular weight is 129 g/mol. The molecule has 0 N–H and O–H groups in total. The molecule has 1 heterocycles. The van der Waals surface area contributed by atoms with Crippen molar-refractivity contribution in [2.45, 2.75) is 19.4 Å². The van der Waals surface area contributed by atoms with Crippen LogP contribution in [0.1, 0.15) is 13.3 Å². The van der Waals surface area contributed by atoms with Crippen molar-refractivity contribution in [2.24, 2.45) is 0 Å². The first-order chi connectivity index (χ1) is 4.33. The SMILES string of the molecule is CCN(C)C[C@@H]1CCO1. The van der Waals surface area contributed by atoms with Crippen molar-refractivity contribution in [2.75, 3.05) is 26.7 Å². The minimum absolute atomic E-state index is 0.537. The zero-order chi connectivity index (χ0) is 6.69. The van der Waals surface area contributed by atoms with Gasteiger partial charge in [0.25, 0.3) is 0 Å². The van der Waals surface area contributed by atoms with Crippen molar-refractivity contribution in [3.05, 3.63) is 0 Å². The Morgan fingerprint density at radius 2 is 2.33 bits per heavy atom. The summed E-state index contributed by atoms with van der Waals surface area (Å²) in [6, 6.07) is 0. The third kappa shape index (κ3) is 1.95. The van der Waals surface area contributed by atoms with E-state index in [1.165, 1.54) is 6.42 Å². The minimum atomic E-state index is 0.537. The fourth-order valence-corrected chi connectivity index (χ4v) is 0.905. The monoisotopic (exact) mass is 129 g/mol. The molecular weight excluding hydrogens is 114 g/mol. The fourth-order valence-electron chi connectivity index (χ4n) is 0.905. The molecule has 0 amide bonds. The van der Waals surface area contributed by atoms with Gasteiger partial charge in [0, 0.05) is 13.2 Å². The van der Waals surface area contributed by atoms with Crippen LogP contribution in [0.25, 0.3) is 0 Å². The first kappa shape index (κ1) is 7.03. The van der Waals surface area contributed by atoms with Gasteiger partial charge in [-0.25, -0.2) is 0 Å². The summed E-state index contributed by atoms with van der Waals surface area (Å²) in [6.45, 7) is 5.37. The van der Waals surface area contributed by atoms with Gasteiger partial charge in [-0.2, -0.15) is 0 Å². The van der Waals surface area contributed by atoms with Gasteiger partial charge in [-0.15, -0.1) is 0 Å². The molecule has 0 unspecified atom stereocenters. The first-order valence-electron chi connectivity index (χ1n) is 3.63. The number of rotatable bonds is 3. The van der Waals surface area contributed by atoms with Crippen molar-refractivity contribution in [1.82, 2.24) is 4.90 Å². The maximum atomic E-state index is 5.26. The van der Waals surface area contributed by atoms with Gasteiger partial charge >= 0.3 is 0 Å². The lowest BCUT2D eigenvalue weighted by Gasteiger charge is -2.29. The van der Waals surface area contributed by atoms with Crippen LogP contribution in [0.15, 0.2) is 0 Å². The van der Waals surface area contributed by atoms with Gasteiger partial charge in [0.2, 0.25) is 0 Å². The van der Waals surface area contributed by atoms with Gasteiger partial charge in [-0.3, -0.25) is 0 Å². The van der Waals surface area contributed by atoms with Gasteiger partial charge in [-0.05, 0) is 20.0 Å². The number of hydrogen-bond acceptors (Lipinski definition) is 2. The topological polar surface area (TPSA) is 12.5 Å². The van der Waals surface area contributed by atoms with E-state index in [9.17, 15) is 0 Å². The second-order valence-corrected chi connectivity index (χ2v) is 2.64. The van der Waals surface area contributed by atoms with E-state index in [2.05, 4.69) is 18.9 Å². The molecule has 0 aliphatic carbocycles. The summed E-state index contributed by atoms with van der Waals surface area (Å²) in [5, 5.41) is 0. The lowest BCUT2D eigenvalue weighted by atomic mass is 10.2. The highest BCUT2D eigenvalue weighted by Crippen LogP contribution is 2.10. The van der Waals surface area contributed by atoms with Crippen LogP contribution in [0.4, 0.5) is 0 Å². The summed E-state index contributed by atoms with van der Waals surface area (Å²) in [4.78, 5) is 2.28. The molecule has 0 aromatic heterocycles. The lowest BCUT2D eigenvalue weighted by Crippen LogP contribution is -2.38. The largest absolute Gasteiger partial charge is 0.377 e. The third-order valence-corrected chi connectivity index (χ3v) is 1.85. The van der Waals surface area contributed by atoms with E-state index in [1.807, 2.05) is 0 Å². The molecule has 0 saturated carbocycles. The van der Waals surface area contributed by atoms with Crippen molar-refractivity contribution in [1.29, 1.82) is 0 Å². The van der Waals surface area contributed by atoms with Crippen LogP contribution in [-0.4, -0.2) is 37.7 Å². The number of nitrogens with zero attached hydrogens (tertiary/aromatic N) is 1. The molecule has 0 aromatic rings. The Morgan fingerprint density at radius 1 is 1.67 bits per heavy atom. The Morgan fingerprint density at radius 3 is 2.67 bits per heavy atom. The normalized spacial score (nSPS) is 26.3. The average Bonchev–Trinajstić information content (AvgIpc) is 1.78. The molecule has 1 atom stereocenters. The fraction of sp³-hybridized carbons (Fsp3) is 1.00. The van der Waals surface area contributed by atoms with Gasteiger partial charge in [-0.1, -0.05) is 6.92 Å². The van der Waals surface area contributed by atoms with E-state index in [-0.39, 0.29) is 0 Å². The summed E-state index contributed by atoms with van der Waals surface area (Å²) in [6.07, 6.45) is 1.79. The predicted octanol–water partition coefficient (Wildman–Crippen LogP) is 0.727. The van der Waals surface area contributed by atoms with Gasteiger partial charge in [0.15, 0.2) is 0 Å². The summed E-state index contributed by atoms with van der Waals surface area (Å²) in [5.41, 5.74) is 0. The molecule has 1 aliphatic rings. The number of ether oxygens (including phenoxy) is 1. The van der Waals surface area contributed by atoms with E-state index in [4.69, 9.17) is 4.74 Å². The van der Waals surface area contributed by atoms with Crippen LogP contribution in [0, 0.1) is 0 Å². The van der Waals surface area contributed by atoms with Crippen LogP contribution >= 0.6 is 0 Å². The van der Waals surface area contributed by atoms with Crippen LogP contribution < -0.4 is 0 Å². The zero-order valence-corrected chi connectivity index (χ0v) is 6.26. The Balaban J connectivity index is 2.01. The Hall–Kier alpha value is -0.0800.